The van der Waals surface area contributed by atoms with E-state index in [1.165, 1.54) is 0 Å². The fourth-order valence-corrected chi connectivity index (χ4v) is 2.17. The smallest absolute Gasteiger partial charge is 0.246 e. The van der Waals surface area contributed by atoms with E-state index in [2.05, 4.69) is 5.32 Å². The summed E-state index contributed by atoms with van der Waals surface area (Å²) in [5.74, 6) is 0.0672. The predicted octanol–water partition coefficient (Wildman–Crippen LogP) is 1.30. The first-order valence-corrected chi connectivity index (χ1v) is 6.19. The lowest BCUT2D eigenvalue weighted by Crippen LogP contribution is -2.64. The van der Waals surface area contributed by atoms with Gasteiger partial charge >= 0.3 is 0 Å². The highest BCUT2D eigenvalue weighted by Gasteiger charge is 2.40. The predicted molar refractivity (Wildman–Crippen MR) is 62.9 cm³/mol. The standard InChI is InChI=1S/C12H22N2O2/c1-5-8(4)14-10(7-3)11(15)13-9(6-2)12(14)16/h8-10H,5-7H2,1-4H3,(H,13,15). The monoisotopic (exact) mass is 226 g/mol. The minimum Gasteiger partial charge on any atom is -0.343 e. The molecule has 0 radical (unpaired) electrons. The van der Waals surface area contributed by atoms with E-state index in [1.807, 2.05) is 27.7 Å². The van der Waals surface area contributed by atoms with E-state index >= 15 is 0 Å². The molecule has 1 fully saturated rings. The number of carbonyl (C=O) groups excluding carboxylic acids is 2. The van der Waals surface area contributed by atoms with Gasteiger partial charge in [0.2, 0.25) is 11.8 Å². The summed E-state index contributed by atoms with van der Waals surface area (Å²) in [6.07, 6.45) is 2.22. The van der Waals surface area contributed by atoms with Crippen molar-refractivity contribution in [1.29, 1.82) is 0 Å². The molecule has 16 heavy (non-hydrogen) atoms. The molecular formula is C12H22N2O2. The second-order valence-electron chi connectivity index (χ2n) is 4.40. The fourth-order valence-electron chi connectivity index (χ4n) is 2.17. The van der Waals surface area contributed by atoms with Gasteiger partial charge in [-0.15, -0.1) is 0 Å². The van der Waals surface area contributed by atoms with E-state index < -0.39 is 0 Å². The summed E-state index contributed by atoms with van der Waals surface area (Å²) in [6, 6.07) is -0.480. The van der Waals surface area contributed by atoms with Gasteiger partial charge in [0.25, 0.3) is 0 Å². The molecule has 0 bridgehead atoms. The van der Waals surface area contributed by atoms with Crippen molar-refractivity contribution < 1.29 is 9.59 Å². The van der Waals surface area contributed by atoms with Crippen LogP contribution in [-0.2, 0) is 9.59 Å². The molecule has 4 heteroatoms. The van der Waals surface area contributed by atoms with E-state index in [-0.39, 0.29) is 29.9 Å². The number of hydrogen-bond acceptors (Lipinski definition) is 2. The topological polar surface area (TPSA) is 49.4 Å². The molecule has 0 saturated carbocycles. The van der Waals surface area contributed by atoms with Crippen LogP contribution in [0.4, 0.5) is 0 Å². The van der Waals surface area contributed by atoms with Crippen LogP contribution in [-0.4, -0.2) is 34.8 Å². The van der Waals surface area contributed by atoms with Crippen LogP contribution in [0.3, 0.4) is 0 Å². The highest BCUT2D eigenvalue weighted by atomic mass is 16.2. The Balaban J connectivity index is 2.95. The van der Waals surface area contributed by atoms with Crippen molar-refractivity contribution in [2.45, 2.75) is 65.1 Å². The second-order valence-corrected chi connectivity index (χ2v) is 4.40. The average Bonchev–Trinajstić information content (AvgIpc) is 2.29. The Kier molecular flexibility index (Phi) is 4.33. The summed E-state index contributed by atoms with van der Waals surface area (Å²) >= 11 is 0. The van der Waals surface area contributed by atoms with Gasteiger partial charge in [-0.25, -0.2) is 0 Å². The second kappa shape index (κ2) is 5.32. The molecule has 92 valence electrons. The quantitative estimate of drug-likeness (QED) is 0.785. The Morgan fingerprint density at radius 3 is 2.31 bits per heavy atom. The van der Waals surface area contributed by atoms with Crippen LogP contribution in [0.15, 0.2) is 0 Å². The Morgan fingerprint density at radius 2 is 1.88 bits per heavy atom. The molecule has 1 rings (SSSR count). The molecule has 0 aromatic carbocycles. The molecule has 1 aliphatic heterocycles. The van der Waals surface area contributed by atoms with Crippen molar-refractivity contribution >= 4 is 11.8 Å². The molecule has 0 aromatic heterocycles. The van der Waals surface area contributed by atoms with Crippen LogP contribution < -0.4 is 5.32 Å². The molecule has 3 unspecified atom stereocenters. The highest BCUT2D eigenvalue weighted by Crippen LogP contribution is 2.19. The van der Waals surface area contributed by atoms with Crippen molar-refractivity contribution in [2.24, 2.45) is 0 Å². The maximum atomic E-state index is 12.2. The summed E-state index contributed by atoms with van der Waals surface area (Å²) in [5, 5.41) is 2.80. The minimum atomic E-state index is -0.329. The zero-order chi connectivity index (χ0) is 12.3. The van der Waals surface area contributed by atoms with E-state index in [0.717, 1.165) is 6.42 Å². The number of nitrogens with zero attached hydrogens (tertiary/aromatic N) is 1. The lowest BCUT2D eigenvalue weighted by Gasteiger charge is -2.41. The van der Waals surface area contributed by atoms with Crippen LogP contribution in [0.5, 0.6) is 0 Å². The van der Waals surface area contributed by atoms with Crippen molar-refractivity contribution in [3.05, 3.63) is 0 Å². The molecule has 2 amide bonds. The van der Waals surface area contributed by atoms with Gasteiger partial charge in [0.05, 0.1) is 0 Å². The Labute approximate surface area is 97.4 Å². The van der Waals surface area contributed by atoms with Crippen LogP contribution in [0.2, 0.25) is 0 Å². The molecule has 1 N–H and O–H groups in total. The third-order valence-corrected chi connectivity index (χ3v) is 3.37. The van der Waals surface area contributed by atoms with E-state index in [9.17, 15) is 9.59 Å². The number of hydrogen-bond donors (Lipinski definition) is 1. The summed E-state index contributed by atoms with van der Waals surface area (Å²) in [7, 11) is 0. The van der Waals surface area contributed by atoms with Gasteiger partial charge in [0.15, 0.2) is 0 Å². The van der Waals surface area contributed by atoms with Crippen LogP contribution in [0.25, 0.3) is 0 Å². The zero-order valence-corrected chi connectivity index (χ0v) is 10.6. The van der Waals surface area contributed by atoms with Crippen molar-refractivity contribution in [1.82, 2.24) is 10.2 Å². The number of amides is 2. The molecule has 1 aliphatic rings. The van der Waals surface area contributed by atoms with Gasteiger partial charge in [-0.3, -0.25) is 9.59 Å². The third kappa shape index (κ3) is 2.20. The van der Waals surface area contributed by atoms with Gasteiger partial charge in [0.1, 0.15) is 12.1 Å². The molecule has 0 spiro atoms. The van der Waals surface area contributed by atoms with E-state index in [4.69, 9.17) is 0 Å². The Bertz CT molecular complexity index is 278. The van der Waals surface area contributed by atoms with Gasteiger partial charge in [-0.1, -0.05) is 20.8 Å². The third-order valence-electron chi connectivity index (χ3n) is 3.37. The average molecular weight is 226 g/mol. The van der Waals surface area contributed by atoms with Gasteiger partial charge in [-0.2, -0.15) is 0 Å². The molecule has 1 heterocycles. The SMILES string of the molecule is CCC1NC(=O)C(CC)N(C(C)CC)C1=O. The maximum absolute atomic E-state index is 12.2. The molecule has 3 atom stereocenters. The summed E-state index contributed by atoms with van der Waals surface area (Å²) < 4.78 is 0. The summed E-state index contributed by atoms with van der Waals surface area (Å²) in [4.78, 5) is 25.8. The van der Waals surface area contributed by atoms with Crippen LogP contribution in [0, 0.1) is 0 Å². The molecule has 4 nitrogen and oxygen atoms in total. The number of nitrogens with one attached hydrogen (secondary N) is 1. The molecule has 0 aliphatic carbocycles. The number of piperazine rings is 1. The first-order valence-electron chi connectivity index (χ1n) is 6.19. The van der Waals surface area contributed by atoms with Gasteiger partial charge in [0, 0.05) is 6.04 Å². The minimum absolute atomic E-state index is 0.00532. The first-order chi connectivity index (χ1) is 7.56. The van der Waals surface area contributed by atoms with Gasteiger partial charge < -0.3 is 10.2 Å². The summed E-state index contributed by atoms with van der Waals surface area (Å²) in [6.45, 7) is 7.91. The van der Waals surface area contributed by atoms with E-state index in [1.54, 1.807) is 4.90 Å². The first kappa shape index (κ1) is 13.0. The summed E-state index contributed by atoms with van der Waals surface area (Å²) in [5.41, 5.74) is 0. The zero-order valence-electron chi connectivity index (χ0n) is 10.6. The van der Waals surface area contributed by atoms with Crippen molar-refractivity contribution in [3.63, 3.8) is 0 Å². The highest BCUT2D eigenvalue weighted by molar-refractivity contribution is 5.97. The number of rotatable bonds is 4. The largest absolute Gasteiger partial charge is 0.343 e. The molecule has 0 aromatic rings. The van der Waals surface area contributed by atoms with Crippen LogP contribution in [0.1, 0.15) is 47.0 Å². The van der Waals surface area contributed by atoms with Crippen molar-refractivity contribution in [3.8, 4) is 0 Å². The van der Waals surface area contributed by atoms with Crippen molar-refractivity contribution in [2.75, 3.05) is 0 Å². The number of carbonyl (C=O) groups is 2. The Morgan fingerprint density at radius 1 is 1.25 bits per heavy atom. The molecular weight excluding hydrogens is 204 g/mol. The molecule has 1 saturated heterocycles. The van der Waals surface area contributed by atoms with Crippen LogP contribution >= 0.6 is 0 Å². The normalized spacial score (nSPS) is 27.9. The lowest BCUT2D eigenvalue weighted by molar-refractivity contribution is -0.152. The van der Waals surface area contributed by atoms with E-state index in [0.29, 0.717) is 12.8 Å². The Hall–Kier alpha value is -1.06. The van der Waals surface area contributed by atoms with Gasteiger partial charge in [-0.05, 0) is 26.2 Å². The maximum Gasteiger partial charge on any atom is 0.246 e. The fraction of sp³-hybridized carbons (Fsp3) is 0.833. The lowest BCUT2D eigenvalue weighted by atomic mass is 10.0.